The molecule has 2 aromatic heterocycles. The molecule has 4 aromatic rings. The van der Waals surface area contributed by atoms with E-state index in [2.05, 4.69) is 9.97 Å². The number of ether oxygens (including phenoxy) is 1. The molecule has 0 aliphatic heterocycles. The Morgan fingerprint density at radius 2 is 1.54 bits per heavy atom. The fourth-order valence-electron chi connectivity index (χ4n) is 4.30. The highest BCUT2D eigenvalue weighted by atomic mass is 16.5. The van der Waals surface area contributed by atoms with Crippen LogP contribution >= 0.6 is 0 Å². The molecule has 0 atom stereocenters. The van der Waals surface area contributed by atoms with Crippen LogP contribution in [0.25, 0.3) is 11.1 Å². The summed E-state index contributed by atoms with van der Waals surface area (Å²) in [6.07, 6.45) is 8.27. The highest BCUT2D eigenvalue weighted by molar-refractivity contribution is 5.94. The van der Waals surface area contributed by atoms with E-state index in [1.807, 2.05) is 83.8 Å². The molecule has 1 amide bonds. The zero-order valence-electron chi connectivity index (χ0n) is 21.9. The van der Waals surface area contributed by atoms with Crippen LogP contribution < -0.4 is 4.74 Å². The van der Waals surface area contributed by atoms with E-state index in [4.69, 9.17) is 9.84 Å². The van der Waals surface area contributed by atoms with Gasteiger partial charge in [0.25, 0.3) is 5.91 Å². The van der Waals surface area contributed by atoms with E-state index in [-0.39, 0.29) is 12.3 Å². The fourth-order valence-corrected chi connectivity index (χ4v) is 4.30. The highest BCUT2D eigenvalue weighted by Gasteiger charge is 2.18. The zero-order chi connectivity index (χ0) is 27.3. The summed E-state index contributed by atoms with van der Waals surface area (Å²) >= 11 is 0. The van der Waals surface area contributed by atoms with Crippen molar-refractivity contribution in [3.63, 3.8) is 0 Å². The van der Waals surface area contributed by atoms with Gasteiger partial charge < -0.3 is 14.7 Å². The lowest BCUT2D eigenvalue weighted by Crippen LogP contribution is -2.32. The molecule has 0 bridgehead atoms. The average Bonchev–Trinajstić information content (AvgIpc) is 2.98. The molecule has 7 heteroatoms. The Morgan fingerprint density at radius 3 is 2.28 bits per heavy atom. The molecule has 0 radical (unpaired) electrons. The first-order valence-electron chi connectivity index (χ1n) is 13.2. The van der Waals surface area contributed by atoms with Crippen LogP contribution in [0.2, 0.25) is 0 Å². The van der Waals surface area contributed by atoms with Crippen molar-refractivity contribution in [2.45, 2.75) is 38.6 Å². The van der Waals surface area contributed by atoms with Crippen molar-refractivity contribution in [2.24, 2.45) is 0 Å². The number of rotatable bonds is 14. The van der Waals surface area contributed by atoms with Gasteiger partial charge in [0.05, 0.1) is 6.61 Å². The summed E-state index contributed by atoms with van der Waals surface area (Å²) in [5, 5.41) is 8.81. The molecule has 7 nitrogen and oxygen atoms in total. The SMILES string of the molecule is O=C(O)CCCCCOc1ccccc1CN(CCc1ccccn1)C(=O)c1ccc(-c2ccncc2)cc1. The lowest BCUT2D eigenvalue weighted by Gasteiger charge is -2.24. The molecular weight excluding hydrogens is 490 g/mol. The van der Waals surface area contributed by atoms with E-state index in [9.17, 15) is 9.59 Å². The third-order valence-corrected chi connectivity index (χ3v) is 6.42. The lowest BCUT2D eigenvalue weighted by molar-refractivity contribution is -0.137. The monoisotopic (exact) mass is 523 g/mol. The minimum atomic E-state index is -0.774. The number of carboxylic acid groups (broad SMARTS) is 1. The highest BCUT2D eigenvalue weighted by Crippen LogP contribution is 2.23. The number of carboxylic acids is 1. The average molecular weight is 524 g/mol. The number of unbranched alkanes of at least 4 members (excludes halogenated alkanes) is 2. The predicted molar refractivity (Wildman–Crippen MR) is 150 cm³/mol. The predicted octanol–water partition coefficient (Wildman–Crippen LogP) is 6.05. The first-order valence-corrected chi connectivity index (χ1v) is 13.2. The molecule has 0 aliphatic carbocycles. The molecule has 200 valence electrons. The molecule has 0 aliphatic rings. The summed E-state index contributed by atoms with van der Waals surface area (Å²) in [5.74, 6) is -0.0983. The van der Waals surface area contributed by atoms with Crippen molar-refractivity contribution in [3.8, 4) is 16.9 Å². The summed E-state index contributed by atoms with van der Waals surface area (Å²) in [6.45, 7) is 1.40. The summed E-state index contributed by atoms with van der Waals surface area (Å²) in [7, 11) is 0. The number of carbonyl (C=O) groups excluding carboxylic acids is 1. The third-order valence-electron chi connectivity index (χ3n) is 6.42. The summed E-state index contributed by atoms with van der Waals surface area (Å²) in [4.78, 5) is 34.8. The van der Waals surface area contributed by atoms with E-state index < -0.39 is 5.97 Å². The second-order valence-electron chi connectivity index (χ2n) is 9.27. The van der Waals surface area contributed by atoms with Gasteiger partial charge in [0.1, 0.15) is 5.75 Å². The topological polar surface area (TPSA) is 92.6 Å². The Morgan fingerprint density at radius 1 is 0.795 bits per heavy atom. The number of aromatic nitrogens is 2. The normalized spacial score (nSPS) is 10.7. The smallest absolute Gasteiger partial charge is 0.303 e. The minimum Gasteiger partial charge on any atom is -0.493 e. The first kappa shape index (κ1) is 27.5. The number of nitrogens with zero attached hydrogens (tertiary/aromatic N) is 3. The van der Waals surface area contributed by atoms with Crippen molar-refractivity contribution in [1.29, 1.82) is 0 Å². The molecule has 0 saturated carbocycles. The van der Waals surface area contributed by atoms with E-state index in [1.165, 1.54) is 0 Å². The Balaban J connectivity index is 1.47. The fraction of sp³-hybridized carbons (Fsp3) is 0.250. The van der Waals surface area contributed by atoms with Crippen LogP contribution in [-0.2, 0) is 17.8 Å². The largest absolute Gasteiger partial charge is 0.493 e. The van der Waals surface area contributed by atoms with Gasteiger partial charge in [0.15, 0.2) is 0 Å². The number of aliphatic carboxylic acids is 1. The van der Waals surface area contributed by atoms with Crippen molar-refractivity contribution < 1.29 is 19.4 Å². The van der Waals surface area contributed by atoms with Crippen LogP contribution in [0.4, 0.5) is 0 Å². The van der Waals surface area contributed by atoms with Crippen molar-refractivity contribution in [3.05, 3.63) is 114 Å². The second kappa shape index (κ2) is 14.4. The number of hydrogen-bond donors (Lipinski definition) is 1. The second-order valence-corrected chi connectivity index (χ2v) is 9.27. The van der Waals surface area contributed by atoms with Crippen molar-refractivity contribution in [1.82, 2.24) is 14.9 Å². The molecule has 1 N–H and O–H groups in total. The van der Waals surface area contributed by atoms with Gasteiger partial charge in [-0.2, -0.15) is 0 Å². The standard InChI is InChI=1S/C32H33N3O4/c36-31(37)11-2-1-7-23-39-30-10-4-3-8-28(30)24-35(22-18-29-9-5-6-19-34-29)32(38)27-14-12-25(13-15-27)26-16-20-33-21-17-26/h3-6,8-10,12-17,19-21H,1-2,7,11,18,22-24H2,(H,36,37). The maximum atomic E-state index is 13.7. The molecule has 2 aromatic carbocycles. The molecule has 4 rings (SSSR count). The maximum Gasteiger partial charge on any atom is 0.303 e. The molecule has 0 fully saturated rings. The van der Waals surface area contributed by atoms with Gasteiger partial charge in [0.2, 0.25) is 0 Å². The van der Waals surface area contributed by atoms with Gasteiger partial charge in [-0.15, -0.1) is 0 Å². The summed E-state index contributed by atoms with van der Waals surface area (Å²) in [6, 6.07) is 25.1. The van der Waals surface area contributed by atoms with Crippen LogP contribution in [0.3, 0.4) is 0 Å². The molecule has 0 saturated heterocycles. The van der Waals surface area contributed by atoms with E-state index in [0.717, 1.165) is 41.0 Å². The molecule has 0 unspecified atom stereocenters. The third kappa shape index (κ3) is 8.50. The minimum absolute atomic E-state index is 0.0596. The van der Waals surface area contributed by atoms with Crippen LogP contribution in [-0.4, -0.2) is 45.0 Å². The summed E-state index contributed by atoms with van der Waals surface area (Å²) < 4.78 is 6.06. The summed E-state index contributed by atoms with van der Waals surface area (Å²) in [5.41, 5.74) is 4.53. The van der Waals surface area contributed by atoms with E-state index in [1.54, 1.807) is 18.6 Å². The number of amides is 1. The number of para-hydroxylation sites is 1. The van der Waals surface area contributed by atoms with Crippen LogP contribution in [0.5, 0.6) is 5.75 Å². The van der Waals surface area contributed by atoms with Gasteiger partial charge in [-0.1, -0.05) is 36.4 Å². The Hall–Kier alpha value is -4.52. The molecule has 39 heavy (non-hydrogen) atoms. The lowest BCUT2D eigenvalue weighted by atomic mass is 10.0. The zero-order valence-corrected chi connectivity index (χ0v) is 21.9. The van der Waals surface area contributed by atoms with Gasteiger partial charge >= 0.3 is 5.97 Å². The van der Waals surface area contributed by atoms with Crippen LogP contribution in [0.1, 0.15) is 47.3 Å². The van der Waals surface area contributed by atoms with E-state index >= 15 is 0 Å². The maximum absolute atomic E-state index is 13.7. The van der Waals surface area contributed by atoms with Gasteiger partial charge in [-0.25, -0.2) is 0 Å². The first-order chi connectivity index (χ1) is 19.1. The Bertz CT molecular complexity index is 1330. The molecule has 0 spiro atoms. The molecular formula is C32H33N3O4. The van der Waals surface area contributed by atoms with E-state index in [0.29, 0.717) is 38.1 Å². The van der Waals surface area contributed by atoms with Crippen molar-refractivity contribution in [2.75, 3.05) is 13.2 Å². The van der Waals surface area contributed by atoms with Gasteiger partial charge in [-0.05, 0) is 72.9 Å². The Kier molecular flexibility index (Phi) is 10.2. The quantitative estimate of drug-likeness (QED) is 0.202. The Labute approximate surface area is 229 Å². The van der Waals surface area contributed by atoms with Gasteiger partial charge in [-0.3, -0.25) is 19.6 Å². The van der Waals surface area contributed by atoms with Crippen LogP contribution in [0.15, 0.2) is 97.5 Å². The molecule has 2 heterocycles. The van der Waals surface area contributed by atoms with Crippen molar-refractivity contribution >= 4 is 11.9 Å². The number of benzene rings is 2. The van der Waals surface area contributed by atoms with Crippen LogP contribution in [0, 0.1) is 0 Å². The number of carbonyl (C=O) groups is 2. The van der Waals surface area contributed by atoms with Gasteiger partial charge in [0, 0.05) is 61.3 Å². The number of hydrogen-bond acceptors (Lipinski definition) is 5. The number of pyridine rings is 2.